The number of anilines is 1. The van der Waals surface area contributed by atoms with Gasteiger partial charge >= 0.3 is 5.97 Å². The summed E-state index contributed by atoms with van der Waals surface area (Å²) in [4.78, 5) is 42.0. The standard InChI is InChI=1S/C14H11N3O4/c1-8(18)9-4-2-3-5-10(9)17-13(19)11-12(14(20)21)16-7-6-15-11/h2-7H,1H3,(H,17,19)(H,20,21). The van der Waals surface area contributed by atoms with Crippen molar-refractivity contribution in [3.05, 3.63) is 53.6 Å². The molecule has 0 bridgehead atoms. The number of carboxylic acids is 1. The molecule has 0 saturated heterocycles. The number of aromatic nitrogens is 2. The summed E-state index contributed by atoms with van der Waals surface area (Å²) in [6.07, 6.45) is 2.40. The highest BCUT2D eigenvalue weighted by molar-refractivity contribution is 6.11. The predicted molar refractivity (Wildman–Crippen MR) is 73.4 cm³/mol. The Morgan fingerprint density at radius 2 is 1.67 bits per heavy atom. The molecule has 0 aliphatic carbocycles. The number of benzene rings is 1. The van der Waals surface area contributed by atoms with Crippen molar-refractivity contribution in [1.82, 2.24) is 9.97 Å². The molecule has 7 nitrogen and oxygen atoms in total. The van der Waals surface area contributed by atoms with Crippen LogP contribution in [-0.4, -0.2) is 32.7 Å². The molecule has 21 heavy (non-hydrogen) atoms. The quantitative estimate of drug-likeness (QED) is 0.826. The molecule has 106 valence electrons. The van der Waals surface area contributed by atoms with Crippen LogP contribution in [-0.2, 0) is 0 Å². The molecule has 0 atom stereocenters. The van der Waals surface area contributed by atoms with E-state index in [2.05, 4.69) is 15.3 Å². The van der Waals surface area contributed by atoms with E-state index in [1.807, 2.05) is 0 Å². The number of nitrogens with one attached hydrogen (secondary N) is 1. The number of carboxylic acid groups (broad SMARTS) is 1. The number of nitrogens with zero attached hydrogens (tertiary/aromatic N) is 2. The number of rotatable bonds is 4. The summed E-state index contributed by atoms with van der Waals surface area (Å²) in [5.74, 6) is -2.31. The van der Waals surface area contributed by atoms with Gasteiger partial charge < -0.3 is 10.4 Å². The molecule has 1 aromatic carbocycles. The van der Waals surface area contributed by atoms with Crippen LogP contribution in [0.25, 0.3) is 0 Å². The van der Waals surface area contributed by atoms with Gasteiger partial charge in [0.1, 0.15) is 0 Å². The monoisotopic (exact) mass is 285 g/mol. The first-order valence-electron chi connectivity index (χ1n) is 5.96. The Hall–Kier alpha value is -3.09. The molecular weight excluding hydrogens is 274 g/mol. The normalized spacial score (nSPS) is 9.95. The number of carbonyl (C=O) groups is 3. The zero-order chi connectivity index (χ0) is 15.4. The maximum absolute atomic E-state index is 12.1. The van der Waals surface area contributed by atoms with E-state index >= 15 is 0 Å². The Morgan fingerprint density at radius 3 is 2.29 bits per heavy atom. The largest absolute Gasteiger partial charge is 0.476 e. The van der Waals surface area contributed by atoms with Crippen LogP contribution in [0.1, 0.15) is 38.3 Å². The zero-order valence-electron chi connectivity index (χ0n) is 11.0. The molecule has 7 heteroatoms. The molecule has 0 radical (unpaired) electrons. The molecule has 1 heterocycles. The number of aromatic carboxylic acids is 1. The van der Waals surface area contributed by atoms with E-state index in [0.29, 0.717) is 5.56 Å². The van der Waals surface area contributed by atoms with Crippen molar-refractivity contribution in [3.8, 4) is 0 Å². The van der Waals surface area contributed by atoms with Crippen LogP contribution in [0.5, 0.6) is 0 Å². The highest BCUT2D eigenvalue weighted by Crippen LogP contribution is 2.16. The van der Waals surface area contributed by atoms with Gasteiger partial charge in [-0.2, -0.15) is 0 Å². The number of para-hydroxylation sites is 1. The minimum Gasteiger partial charge on any atom is -0.476 e. The molecule has 0 saturated carbocycles. The topological polar surface area (TPSA) is 109 Å². The van der Waals surface area contributed by atoms with Gasteiger partial charge in [0.15, 0.2) is 17.2 Å². The third-order valence-electron chi connectivity index (χ3n) is 2.67. The van der Waals surface area contributed by atoms with Crippen LogP contribution in [0.3, 0.4) is 0 Å². The molecule has 0 spiro atoms. The first-order valence-corrected chi connectivity index (χ1v) is 5.96. The minimum absolute atomic E-state index is 0.219. The number of hydrogen-bond acceptors (Lipinski definition) is 5. The highest BCUT2D eigenvalue weighted by Gasteiger charge is 2.20. The van der Waals surface area contributed by atoms with Crippen molar-refractivity contribution in [1.29, 1.82) is 0 Å². The lowest BCUT2D eigenvalue weighted by Gasteiger charge is -2.09. The fraction of sp³-hybridized carbons (Fsp3) is 0.0714. The van der Waals surface area contributed by atoms with E-state index in [4.69, 9.17) is 5.11 Å². The Balaban J connectivity index is 2.36. The van der Waals surface area contributed by atoms with Crippen molar-refractivity contribution in [2.75, 3.05) is 5.32 Å². The Morgan fingerprint density at radius 1 is 1.05 bits per heavy atom. The van der Waals surface area contributed by atoms with Crippen LogP contribution in [0.2, 0.25) is 0 Å². The number of ketones is 1. The van der Waals surface area contributed by atoms with E-state index in [1.165, 1.54) is 19.3 Å². The van der Waals surface area contributed by atoms with Crippen LogP contribution >= 0.6 is 0 Å². The molecule has 2 rings (SSSR count). The molecule has 2 aromatic rings. The lowest BCUT2D eigenvalue weighted by Crippen LogP contribution is -2.20. The van der Waals surface area contributed by atoms with Crippen LogP contribution < -0.4 is 5.32 Å². The smallest absolute Gasteiger partial charge is 0.356 e. The van der Waals surface area contributed by atoms with Gasteiger partial charge in [-0.25, -0.2) is 14.8 Å². The minimum atomic E-state index is -1.35. The molecular formula is C14H11N3O4. The van der Waals surface area contributed by atoms with Gasteiger partial charge in [-0.15, -0.1) is 0 Å². The first-order chi connectivity index (χ1) is 10.0. The third kappa shape index (κ3) is 3.08. The number of Topliss-reactive ketones (excluding diaryl/α,β-unsaturated/α-hetero) is 1. The summed E-state index contributed by atoms with van der Waals surface area (Å²) in [5, 5.41) is 11.5. The molecule has 0 aliphatic heterocycles. The fourth-order valence-corrected chi connectivity index (χ4v) is 1.74. The average molecular weight is 285 g/mol. The SMILES string of the molecule is CC(=O)c1ccccc1NC(=O)c1nccnc1C(=O)O. The maximum Gasteiger partial charge on any atom is 0.356 e. The van der Waals surface area contributed by atoms with Gasteiger partial charge in [-0.3, -0.25) is 9.59 Å². The highest BCUT2D eigenvalue weighted by atomic mass is 16.4. The summed E-state index contributed by atoms with van der Waals surface area (Å²) in [6, 6.07) is 6.42. The number of carbonyl (C=O) groups excluding carboxylic acids is 2. The Labute approximate surface area is 119 Å². The van der Waals surface area contributed by atoms with Crippen LogP contribution in [0.15, 0.2) is 36.7 Å². The summed E-state index contributed by atoms with van der Waals surface area (Å²) in [7, 11) is 0. The lowest BCUT2D eigenvalue weighted by molar-refractivity contribution is 0.0684. The second-order valence-corrected chi connectivity index (χ2v) is 4.11. The van der Waals surface area contributed by atoms with E-state index < -0.39 is 17.6 Å². The van der Waals surface area contributed by atoms with E-state index in [9.17, 15) is 14.4 Å². The van der Waals surface area contributed by atoms with Gasteiger partial charge in [0, 0.05) is 18.0 Å². The molecule has 1 amide bonds. The predicted octanol–water partition coefficient (Wildman–Crippen LogP) is 1.63. The molecule has 1 aromatic heterocycles. The lowest BCUT2D eigenvalue weighted by atomic mass is 10.1. The summed E-state index contributed by atoms with van der Waals surface area (Å²) in [5.41, 5.74) is -0.151. The molecule has 2 N–H and O–H groups in total. The van der Waals surface area contributed by atoms with E-state index in [-0.39, 0.29) is 17.2 Å². The fourth-order valence-electron chi connectivity index (χ4n) is 1.74. The summed E-state index contributed by atoms with van der Waals surface area (Å²) in [6.45, 7) is 1.37. The van der Waals surface area contributed by atoms with Crippen molar-refractivity contribution in [2.45, 2.75) is 6.92 Å². The van der Waals surface area contributed by atoms with Crippen LogP contribution in [0, 0.1) is 0 Å². The van der Waals surface area contributed by atoms with Crippen LogP contribution in [0.4, 0.5) is 5.69 Å². The number of amides is 1. The molecule has 0 aliphatic rings. The van der Waals surface area contributed by atoms with Crippen molar-refractivity contribution in [2.24, 2.45) is 0 Å². The first kappa shape index (κ1) is 14.3. The zero-order valence-corrected chi connectivity index (χ0v) is 11.0. The average Bonchev–Trinajstić information content (AvgIpc) is 2.47. The van der Waals surface area contributed by atoms with Gasteiger partial charge in [-0.05, 0) is 19.1 Å². The van der Waals surface area contributed by atoms with E-state index in [0.717, 1.165) is 0 Å². The summed E-state index contributed by atoms with van der Waals surface area (Å²) >= 11 is 0. The van der Waals surface area contributed by atoms with Gasteiger partial charge in [0.2, 0.25) is 0 Å². The van der Waals surface area contributed by atoms with Crippen molar-refractivity contribution in [3.63, 3.8) is 0 Å². The second-order valence-electron chi connectivity index (χ2n) is 4.11. The number of hydrogen-bond donors (Lipinski definition) is 2. The third-order valence-corrected chi connectivity index (χ3v) is 2.67. The Kier molecular flexibility index (Phi) is 4.03. The summed E-state index contributed by atoms with van der Waals surface area (Å²) < 4.78 is 0. The molecule has 0 fully saturated rings. The van der Waals surface area contributed by atoms with Crippen molar-refractivity contribution >= 4 is 23.3 Å². The van der Waals surface area contributed by atoms with Gasteiger partial charge in [-0.1, -0.05) is 12.1 Å². The van der Waals surface area contributed by atoms with Crippen molar-refractivity contribution < 1.29 is 19.5 Å². The second kappa shape index (κ2) is 5.91. The maximum atomic E-state index is 12.1. The molecule has 0 unspecified atom stereocenters. The van der Waals surface area contributed by atoms with Gasteiger partial charge in [0.25, 0.3) is 5.91 Å². The van der Waals surface area contributed by atoms with E-state index in [1.54, 1.807) is 24.3 Å². The van der Waals surface area contributed by atoms with Gasteiger partial charge in [0.05, 0.1) is 5.69 Å². The Bertz CT molecular complexity index is 728.